The van der Waals surface area contributed by atoms with Crippen LogP contribution in [0.25, 0.3) is 22.0 Å². The van der Waals surface area contributed by atoms with E-state index in [0.717, 1.165) is 33.3 Å². The molecule has 184 valence electrons. The number of hydrogen-bond acceptors (Lipinski definition) is 5. The second kappa shape index (κ2) is 10.2. The molecule has 2 heterocycles. The Balaban J connectivity index is 1.43. The van der Waals surface area contributed by atoms with Gasteiger partial charge in [-0.25, -0.2) is 9.59 Å². The molecular weight excluding hydrogens is 456 g/mol. The first-order valence-electron chi connectivity index (χ1n) is 11.9. The number of nitrogens with zero attached hydrogens (tertiary/aromatic N) is 4. The number of methoxy groups -OCH3 is 1. The quantitative estimate of drug-likeness (QED) is 0.390. The van der Waals surface area contributed by atoms with Crippen molar-refractivity contribution in [2.75, 3.05) is 38.3 Å². The number of anilines is 1. The summed E-state index contributed by atoms with van der Waals surface area (Å²) in [5.74, 6) is -0.386. The fourth-order valence-corrected chi connectivity index (χ4v) is 4.40. The molecule has 0 saturated carbocycles. The Bertz CT molecular complexity index is 1370. The van der Waals surface area contributed by atoms with Gasteiger partial charge in [0.05, 0.1) is 44.1 Å². The Morgan fingerprint density at radius 3 is 2.36 bits per heavy atom. The van der Waals surface area contributed by atoms with Crippen LogP contribution in [0.1, 0.15) is 15.9 Å². The summed E-state index contributed by atoms with van der Waals surface area (Å²) in [4.78, 5) is 28.9. The number of esters is 1. The first-order chi connectivity index (χ1) is 17.5. The number of benzene rings is 3. The van der Waals surface area contributed by atoms with E-state index in [-0.39, 0.29) is 12.0 Å². The molecule has 0 bridgehead atoms. The highest BCUT2D eigenvalue weighted by Gasteiger charge is 2.24. The molecule has 8 nitrogen and oxygen atoms in total. The molecule has 1 aromatic heterocycles. The Morgan fingerprint density at radius 2 is 1.67 bits per heavy atom. The highest BCUT2D eigenvalue weighted by atomic mass is 16.5. The van der Waals surface area contributed by atoms with Gasteiger partial charge in [-0.05, 0) is 47.0 Å². The lowest BCUT2D eigenvalue weighted by molar-refractivity contribution is 0.0548. The minimum atomic E-state index is -0.386. The van der Waals surface area contributed by atoms with E-state index in [1.165, 1.54) is 7.11 Å². The molecule has 36 heavy (non-hydrogen) atoms. The fourth-order valence-electron chi connectivity index (χ4n) is 4.40. The second-order valence-electron chi connectivity index (χ2n) is 8.75. The lowest BCUT2D eigenvalue weighted by atomic mass is 10.0. The average molecular weight is 485 g/mol. The number of aryl methyl sites for hydroxylation is 1. The Hall–Kier alpha value is -4.17. The maximum atomic E-state index is 13.5. The molecule has 5 rings (SSSR count). The van der Waals surface area contributed by atoms with Gasteiger partial charge in [-0.2, -0.15) is 5.10 Å². The Morgan fingerprint density at radius 1 is 0.972 bits per heavy atom. The van der Waals surface area contributed by atoms with Crippen LogP contribution in [0.3, 0.4) is 0 Å². The van der Waals surface area contributed by atoms with Gasteiger partial charge in [0.1, 0.15) is 0 Å². The van der Waals surface area contributed by atoms with E-state index in [4.69, 9.17) is 9.47 Å². The van der Waals surface area contributed by atoms with Gasteiger partial charge in [-0.15, -0.1) is 0 Å². The molecule has 1 aliphatic rings. The third-order valence-corrected chi connectivity index (χ3v) is 6.49. The van der Waals surface area contributed by atoms with E-state index in [0.29, 0.717) is 38.4 Å². The number of urea groups is 1. The van der Waals surface area contributed by atoms with Crippen LogP contribution < -0.4 is 4.90 Å². The van der Waals surface area contributed by atoms with Crippen LogP contribution in [0.4, 0.5) is 10.5 Å². The molecule has 1 fully saturated rings. The predicted molar refractivity (Wildman–Crippen MR) is 138 cm³/mol. The number of rotatable bonds is 5. The number of hydrogen-bond donors (Lipinski definition) is 0. The molecule has 0 radical (unpaired) electrons. The smallest absolute Gasteiger partial charge is 0.337 e. The van der Waals surface area contributed by atoms with Gasteiger partial charge in [0.25, 0.3) is 0 Å². The number of amides is 2. The van der Waals surface area contributed by atoms with E-state index < -0.39 is 0 Å². The molecule has 3 aromatic carbocycles. The summed E-state index contributed by atoms with van der Waals surface area (Å²) < 4.78 is 12.1. The lowest BCUT2D eigenvalue weighted by Crippen LogP contribution is -2.48. The van der Waals surface area contributed by atoms with Crippen molar-refractivity contribution in [3.05, 3.63) is 84.1 Å². The number of morpholine rings is 1. The van der Waals surface area contributed by atoms with Gasteiger partial charge in [0.15, 0.2) is 0 Å². The topological polar surface area (TPSA) is 76.9 Å². The van der Waals surface area contributed by atoms with Gasteiger partial charge < -0.3 is 14.4 Å². The highest BCUT2D eigenvalue weighted by Crippen LogP contribution is 2.28. The minimum Gasteiger partial charge on any atom is -0.465 e. The third kappa shape index (κ3) is 4.81. The molecule has 0 atom stereocenters. The van der Waals surface area contributed by atoms with E-state index in [1.54, 1.807) is 17.0 Å². The van der Waals surface area contributed by atoms with Crippen LogP contribution in [0.5, 0.6) is 0 Å². The summed E-state index contributed by atoms with van der Waals surface area (Å²) in [7, 11) is 3.29. The maximum absolute atomic E-state index is 13.5. The van der Waals surface area contributed by atoms with Crippen LogP contribution in [0.15, 0.2) is 72.9 Å². The number of aromatic nitrogens is 2. The summed E-state index contributed by atoms with van der Waals surface area (Å²) in [5.41, 5.74) is 5.40. The van der Waals surface area contributed by atoms with Gasteiger partial charge in [0, 0.05) is 31.2 Å². The van der Waals surface area contributed by atoms with Crippen molar-refractivity contribution >= 4 is 28.6 Å². The molecule has 0 unspecified atom stereocenters. The van der Waals surface area contributed by atoms with Crippen molar-refractivity contribution in [2.24, 2.45) is 7.05 Å². The van der Waals surface area contributed by atoms with E-state index in [9.17, 15) is 9.59 Å². The van der Waals surface area contributed by atoms with Crippen molar-refractivity contribution in [1.29, 1.82) is 0 Å². The Kier molecular flexibility index (Phi) is 6.69. The zero-order valence-electron chi connectivity index (χ0n) is 20.4. The van der Waals surface area contributed by atoms with Crippen LogP contribution in [-0.2, 0) is 23.1 Å². The lowest BCUT2D eigenvalue weighted by Gasteiger charge is -2.33. The third-order valence-electron chi connectivity index (χ3n) is 6.49. The van der Waals surface area contributed by atoms with Crippen LogP contribution in [0, 0.1) is 0 Å². The van der Waals surface area contributed by atoms with Crippen LogP contribution in [-0.4, -0.2) is 60.1 Å². The van der Waals surface area contributed by atoms with Crippen molar-refractivity contribution in [3.8, 4) is 11.1 Å². The summed E-state index contributed by atoms with van der Waals surface area (Å²) in [6, 6.07) is 21.4. The molecule has 8 heteroatoms. The van der Waals surface area contributed by atoms with E-state index >= 15 is 0 Å². The SMILES string of the molecule is COC(=O)c1ccc(CN(C(=O)N2CCOCC2)c2ccc(-c3ccc4cnn(C)c4c3)cc2)cc1. The van der Waals surface area contributed by atoms with E-state index in [2.05, 4.69) is 23.3 Å². The highest BCUT2D eigenvalue weighted by molar-refractivity contribution is 5.93. The standard InChI is InChI=1S/C28H28N4O4/c1-30-26-17-23(7-8-24(26)18-29-30)21-9-11-25(12-10-21)32(28(34)31-13-15-36-16-14-31)19-20-3-5-22(6-4-20)27(33)35-2/h3-12,17-18H,13-16,19H2,1-2H3. The van der Waals surface area contributed by atoms with Crippen LogP contribution in [0.2, 0.25) is 0 Å². The monoisotopic (exact) mass is 484 g/mol. The summed E-state index contributed by atoms with van der Waals surface area (Å²) in [5, 5.41) is 5.42. The Labute approximate surface area is 209 Å². The summed E-state index contributed by atoms with van der Waals surface area (Å²) >= 11 is 0. The zero-order chi connectivity index (χ0) is 25.1. The second-order valence-corrected chi connectivity index (χ2v) is 8.75. The summed E-state index contributed by atoms with van der Waals surface area (Å²) in [6.45, 7) is 2.54. The zero-order valence-corrected chi connectivity index (χ0v) is 20.4. The number of fused-ring (bicyclic) bond motifs is 1. The molecule has 0 aliphatic carbocycles. The molecule has 2 amide bonds. The largest absolute Gasteiger partial charge is 0.465 e. The average Bonchev–Trinajstić information content (AvgIpc) is 3.31. The normalized spacial score (nSPS) is 13.6. The van der Waals surface area contributed by atoms with Gasteiger partial charge in [0.2, 0.25) is 0 Å². The maximum Gasteiger partial charge on any atom is 0.337 e. The molecule has 1 saturated heterocycles. The fraction of sp³-hybridized carbons (Fsp3) is 0.250. The first kappa shape index (κ1) is 23.6. The molecule has 1 aliphatic heterocycles. The predicted octanol–water partition coefficient (Wildman–Crippen LogP) is 4.49. The van der Waals surface area contributed by atoms with Crippen molar-refractivity contribution < 1.29 is 19.1 Å². The minimum absolute atomic E-state index is 0.0700. The van der Waals surface area contributed by atoms with Crippen LogP contribution >= 0.6 is 0 Å². The molecule has 0 spiro atoms. The molecule has 0 N–H and O–H groups in total. The summed E-state index contributed by atoms with van der Waals surface area (Å²) in [6.07, 6.45) is 1.86. The van der Waals surface area contributed by atoms with Crippen molar-refractivity contribution in [3.63, 3.8) is 0 Å². The number of carbonyl (C=O) groups excluding carboxylic acids is 2. The van der Waals surface area contributed by atoms with Gasteiger partial charge in [-0.3, -0.25) is 9.58 Å². The van der Waals surface area contributed by atoms with E-state index in [1.807, 2.05) is 59.2 Å². The van der Waals surface area contributed by atoms with Gasteiger partial charge >= 0.3 is 12.0 Å². The number of ether oxygens (including phenoxy) is 2. The number of carbonyl (C=O) groups is 2. The molecule has 4 aromatic rings. The van der Waals surface area contributed by atoms with Crippen molar-refractivity contribution in [2.45, 2.75) is 6.54 Å². The first-order valence-corrected chi connectivity index (χ1v) is 11.9. The van der Waals surface area contributed by atoms with Crippen molar-refractivity contribution in [1.82, 2.24) is 14.7 Å². The van der Waals surface area contributed by atoms with Gasteiger partial charge in [-0.1, -0.05) is 36.4 Å². The molecular formula is C28H28N4O4.